The van der Waals surface area contributed by atoms with E-state index in [1.165, 1.54) is 0 Å². The maximum atomic E-state index is 10.8. The van der Waals surface area contributed by atoms with Gasteiger partial charge in [0.25, 0.3) is 0 Å². The quantitative estimate of drug-likeness (QED) is 0.672. The maximum absolute atomic E-state index is 10.8. The van der Waals surface area contributed by atoms with Crippen LogP contribution in [0, 0.1) is 0 Å². The Labute approximate surface area is 69.8 Å². The summed E-state index contributed by atoms with van der Waals surface area (Å²) in [5.74, 6) is 0.141. The van der Waals surface area contributed by atoms with Crippen LogP contribution in [0.15, 0.2) is 12.4 Å². The molecule has 0 bridgehead atoms. The van der Waals surface area contributed by atoms with Crippen LogP contribution in [0.2, 0.25) is 0 Å². The number of imidazole rings is 1. The van der Waals surface area contributed by atoms with Crippen LogP contribution in [0.4, 0.5) is 0 Å². The minimum Gasteiger partial charge on any atom is -0.480 e. The summed E-state index contributed by atoms with van der Waals surface area (Å²) < 4.78 is 1.76. The van der Waals surface area contributed by atoms with E-state index in [2.05, 4.69) is 4.98 Å². The van der Waals surface area contributed by atoms with Gasteiger partial charge in [-0.2, -0.15) is 0 Å². The SMILES string of the molecule is O=C(O)[C@@H]1CCCc2nccn21. The lowest BCUT2D eigenvalue weighted by Gasteiger charge is -2.20. The first kappa shape index (κ1) is 7.34. The van der Waals surface area contributed by atoms with Crippen LogP contribution in [-0.4, -0.2) is 20.6 Å². The first-order chi connectivity index (χ1) is 5.79. The van der Waals surface area contributed by atoms with Crippen LogP contribution in [0.25, 0.3) is 0 Å². The highest BCUT2D eigenvalue weighted by atomic mass is 16.4. The van der Waals surface area contributed by atoms with Gasteiger partial charge in [-0.1, -0.05) is 0 Å². The lowest BCUT2D eigenvalue weighted by Crippen LogP contribution is -2.24. The molecule has 1 aromatic heterocycles. The Bertz CT molecular complexity index is 306. The molecule has 1 aliphatic heterocycles. The second-order valence-electron chi connectivity index (χ2n) is 3.00. The van der Waals surface area contributed by atoms with E-state index in [1.807, 2.05) is 0 Å². The van der Waals surface area contributed by atoms with Crippen molar-refractivity contribution in [2.75, 3.05) is 0 Å². The van der Waals surface area contributed by atoms with Gasteiger partial charge < -0.3 is 9.67 Å². The minimum atomic E-state index is -0.756. The van der Waals surface area contributed by atoms with Crippen molar-refractivity contribution in [2.45, 2.75) is 25.3 Å². The number of aromatic nitrogens is 2. The first-order valence-electron chi connectivity index (χ1n) is 4.03. The molecule has 64 valence electrons. The first-order valence-corrected chi connectivity index (χ1v) is 4.03. The number of nitrogens with zero attached hydrogens (tertiary/aromatic N) is 2. The fraction of sp³-hybridized carbons (Fsp3) is 0.500. The molecule has 1 atom stereocenters. The van der Waals surface area contributed by atoms with E-state index in [-0.39, 0.29) is 0 Å². The molecular weight excluding hydrogens is 156 g/mol. The van der Waals surface area contributed by atoms with Gasteiger partial charge in [-0.05, 0) is 12.8 Å². The van der Waals surface area contributed by atoms with Crippen molar-refractivity contribution in [2.24, 2.45) is 0 Å². The highest BCUT2D eigenvalue weighted by Crippen LogP contribution is 2.23. The number of carboxylic acid groups (broad SMARTS) is 1. The zero-order valence-electron chi connectivity index (χ0n) is 6.60. The molecule has 12 heavy (non-hydrogen) atoms. The van der Waals surface area contributed by atoms with Crippen molar-refractivity contribution in [3.8, 4) is 0 Å². The van der Waals surface area contributed by atoms with E-state index < -0.39 is 12.0 Å². The van der Waals surface area contributed by atoms with E-state index >= 15 is 0 Å². The summed E-state index contributed by atoms with van der Waals surface area (Å²) in [6.07, 6.45) is 5.95. The van der Waals surface area contributed by atoms with Gasteiger partial charge in [-0.15, -0.1) is 0 Å². The largest absolute Gasteiger partial charge is 0.480 e. The molecule has 0 aromatic carbocycles. The van der Waals surface area contributed by atoms with Gasteiger partial charge in [-0.3, -0.25) is 0 Å². The lowest BCUT2D eigenvalue weighted by molar-refractivity contribution is -0.141. The van der Waals surface area contributed by atoms with Crippen molar-refractivity contribution < 1.29 is 9.90 Å². The highest BCUT2D eigenvalue weighted by molar-refractivity contribution is 5.72. The van der Waals surface area contributed by atoms with Crippen molar-refractivity contribution in [1.29, 1.82) is 0 Å². The predicted molar refractivity (Wildman–Crippen MR) is 41.8 cm³/mol. The summed E-state index contributed by atoms with van der Waals surface area (Å²) in [4.78, 5) is 14.9. The van der Waals surface area contributed by atoms with E-state index in [0.29, 0.717) is 0 Å². The number of carbonyl (C=O) groups is 1. The number of carboxylic acids is 1. The van der Waals surface area contributed by atoms with Gasteiger partial charge in [0, 0.05) is 18.8 Å². The fourth-order valence-corrected chi connectivity index (χ4v) is 1.66. The van der Waals surface area contributed by atoms with Crippen LogP contribution < -0.4 is 0 Å². The number of aliphatic carboxylic acids is 1. The Hall–Kier alpha value is -1.32. The Morgan fingerprint density at radius 3 is 3.33 bits per heavy atom. The number of fused-ring (bicyclic) bond motifs is 1. The van der Waals surface area contributed by atoms with Crippen LogP contribution in [-0.2, 0) is 11.2 Å². The summed E-state index contributed by atoms with van der Waals surface area (Å²) >= 11 is 0. The van der Waals surface area contributed by atoms with Gasteiger partial charge >= 0.3 is 5.97 Å². The molecule has 4 nitrogen and oxygen atoms in total. The van der Waals surface area contributed by atoms with Crippen LogP contribution >= 0.6 is 0 Å². The normalized spacial score (nSPS) is 21.8. The summed E-state index contributed by atoms with van der Waals surface area (Å²) in [5, 5.41) is 8.85. The molecule has 0 fully saturated rings. The average Bonchev–Trinajstić information content (AvgIpc) is 2.49. The Balaban J connectivity index is 2.37. The van der Waals surface area contributed by atoms with Crippen LogP contribution in [0.3, 0.4) is 0 Å². The molecule has 0 aliphatic carbocycles. The molecule has 1 aliphatic rings. The monoisotopic (exact) mass is 166 g/mol. The van der Waals surface area contributed by atoms with E-state index in [1.54, 1.807) is 17.0 Å². The maximum Gasteiger partial charge on any atom is 0.326 e. The molecular formula is C8H10N2O2. The number of hydrogen-bond acceptors (Lipinski definition) is 2. The molecule has 0 saturated heterocycles. The average molecular weight is 166 g/mol. The lowest BCUT2D eigenvalue weighted by atomic mass is 10.1. The Morgan fingerprint density at radius 1 is 1.75 bits per heavy atom. The molecule has 2 heterocycles. The second kappa shape index (κ2) is 2.62. The smallest absolute Gasteiger partial charge is 0.326 e. The summed E-state index contributed by atoms with van der Waals surface area (Å²) in [6, 6.07) is -0.392. The van der Waals surface area contributed by atoms with Crippen molar-refractivity contribution in [3.05, 3.63) is 18.2 Å². The predicted octanol–water partition coefficient (Wildman–Crippen LogP) is 0.845. The molecule has 0 saturated carbocycles. The van der Waals surface area contributed by atoms with E-state index in [9.17, 15) is 4.79 Å². The molecule has 1 N–H and O–H groups in total. The molecule has 0 unspecified atom stereocenters. The number of aryl methyl sites for hydroxylation is 1. The Morgan fingerprint density at radius 2 is 2.58 bits per heavy atom. The topological polar surface area (TPSA) is 55.1 Å². The molecule has 0 radical (unpaired) electrons. The van der Waals surface area contributed by atoms with Gasteiger partial charge in [0.15, 0.2) is 0 Å². The number of hydrogen-bond donors (Lipinski definition) is 1. The summed E-state index contributed by atoms with van der Waals surface area (Å²) in [5.41, 5.74) is 0. The van der Waals surface area contributed by atoms with E-state index in [4.69, 9.17) is 5.11 Å². The third-order valence-electron chi connectivity index (χ3n) is 2.25. The summed E-state index contributed by atoms with van der Waals surface area (Å²) in [7, 11) is 0. The van der Waals surface area contributed by atoms with Crippen molar-refractivity contribution in [3.63, 3.8) is 0 Å². The molecule has 0 amide bonds. The third-order valence-corrected chi connectivity index (χ3v) is 2.25. The molecule has 0 spiro atoms. The standard InChI is InChI=1S/C8H10N2O2/c11-8(12)6-2-1-3-7-9-4-5-10(6)7/h4-6H,1-3H2,(H,11,12)/t6-/m0/s1. The van der Waals surface area contributed by atoms with Crippen molar-refractivity contribution in [1.82, 2.24) is 9.55 Å². The second-order valence-corrected chi connectivity index (χ2v) is 3.00. The summed E-state index contributed by atoms with van der Waals surface area (Å²) in [6.45, 7) is 0. The highest BCUT2D eigenvalue weighted by Gasteiger charge is 2.25. The van der Waals surface area contributed by atoms with Gasteiger partial charge in [-0.25, -0.2) is 9.78 Å². The van der Waals surface area contributed by atoms with Gasteiger partial charge in [0.1, 0.15) is 11.9 Å². The number of rotatable bonds is 1. The molecule has 4 heteroatoms. The van der Waals surface area contributed by atoms with Gasteiger partial charge in [0.05, 0.1) is 0 Å². The fourth-order valence-electron chi connectivity index (χ4n) is 1.66. The molecule has 2 rings (SSSR count). The zero-order valence-corrected chi connectivity index (χ0v) is 6.60. The van der Waals surface area contributed by atoms with E-state index in [0.717, 1.165) is 25.1 Å². The van der Waals surface area contributed by atoms with Gasteiger partial charge in [0.2, 0.25) is 0 Å². The zero-order chi connectivity index (χ0) is 8.55. The van der Waals surface area contributed by atoms with Crippen LogP contribution in [0.1, 0.15) is 24.7 Å². The van der Waals surface area contributed by atoms with Crippen LogP contribution in [0.5, 0.6) is 0 Å². The van der Waals surface area contributed by atoms with Crippen molar-refractivity contribution >= 4 is 5.97 Å². The Kier molecular flexibility index (Phi) is 1.60. The minimum absolute atomic E-state index is 0.392. The molecule has 1 aromatic rings. The third kappa shape index (κ3) is 0.995.